The van der Waals surface area contributed by atoms with Gasteiger partial charge in [0.15, 0.2) is 11.5 Å². The minimum atomic E-state index is -0.265. The van der Waals surface area contributed by atoms with Gasteiger partial charge in [-0.3, -0.25) is 4.79 Å². The molecule has 0 unspecified atom stereocenters. The third-order valence-electron chi connectivity index (χ3n) is 3.11. The third kappa shape index (κ3) is 2.76. The zero-order chi connectivity index (χ0) is 15.5. The van der Waals surface area contributed by atoms with Crippen LogP contribution in [0.1, 0.15) is 17.3 Å². The first-order valence-corrected chi connectivity index (χ1v) is 7.05. The van der Waals surface area contributed by atoms with E-state index >= 15 is 0 Å². The minimum Gasteiger partial charge on any atom is -0.454 e. The molecule has 1 heterocycles. The van der Waals surface area contributed by atoms with Gasteiger partial charge >= 0.3 is 0 Å². The molecule has 2 aromatic rings. The summed E-state index contributed by atoms with van der Waals surface area (Å²) < 4.78 is 10.5. The first-order chi connectivity index (χ1) is 10.7. The predicted octanol–water partition coefficient (Wildman–Crippen LogP) is 3.72. The van der Waals surface area contributed by atoms with Crippen molar-refractivity contribution >= 4 is 29.4 Å². The van der Waals surface area contributed by atoms with Crippen molar-refractivity contribution in [2.24, 2.45) is 5.10 Å². The second-order valence-corrected chi connectivity index (χ2v) is 4.97. The molecular weight excluding hydrogens is 304 g/mol. The molecule has 0 spiro atoms. The van der Waals surface area contributed by atoms with E-state index in [4.69, 9.17) is 21.1 Å². The summed E-state index contributed by atoms with van der Waals surface area (Å²) in [4.78, 5) is 12.7. The first kappa shape index (κ1) is 14.4. The Balaban J connectivity index is 1.94. The van der Waals surface area contributed by atoms with Gasteiger partial charge in [0.25, 0.3) is 5.91 Å². The molecule has 1 aliphatic heterocycles. The highest BCUT2D eigenvalue weighted by molar-refractivity contribution is 6.30. The number of nitrogens with zero attached hydrogens (tertiary/aromatic N) is 2. The van der Waals surface area contributed by atoms with Crippen LogP contribution in [-0.2, 0) is 0 Å². The van der Waals surface area contributed by atoms with Crippen molar-refractivity contribution in [3.05, 3.63) is 53.1 Å². The molecule has 22 heavy (non-hydrogen) atoms. The average Bonchev–Trinajstić information content (AvgIpc) is 3.00. The summed E-state index contributed by atoms with van der Waals surface area (Å²) in [6.45, 7) is 1.91. The Morgan fingerprint density at radius 3 is 2.64 bits per heavy atom. The van der Waals surface area contributed by atoms with Crippen molar-refractivity contribution in [2.75, 3.05) is 11.8 Å². The zero-order valence-electron chi connectivity index (χ0n) is 11.8. The maximum absolute atomic E-state index is 12.7. The van der Waals surface area contributed by atoms with Crippen LogP contribution in [0.25, 0.3) is 0 Å². The Bertz CT molecular complexity index is 729. The number of carbonyl (C=O) groups excluding carboxylic acids is 1. The summed E-state index contributed by atoms with van der Waals surface area (Å²) >= 11 is 5.88. The van der Waals surface area contributed by atoms with Gasteiger partial charge in [-0.05, 0) is 49.4 Å². The highest BCUT2D eigenvalue weighted by atomic mass is 35.5. The minimum absolute atomic E-state index is 0.168. The number of carbonyl (C=O) groups is 1. The number of hydrazone groups is 1. The topological polar surface area (TPSA) is 51.1 Å². The van der Waals surface area contributed by atoms with Gasteiger partial charge in [0, 0.05) is 16.8 Å². The Labute approximate surface area is 132 Å². The number of hydrogen-bond acceptors (Lipinski definition) is 4. The zero-order valence-corrected chi connectivity index (χ0v) is 12.6. The Hall–Kier alpha value is -2.53. The van der Waals surface area contributed by atoms with Gasteiger partial charge in [0.2, 0.25) is 6.79 Å². The molecule has 1 amide bonds. The molecule has 112 valence electrons. The molecule has 2 aromatic carbocycles. The number of hydrogen-bond donors (Lipinski definition) is 0. The van der Waals surface area contributed by atoms with E-state index in [0.29, 0.717) is 27.8 Å². The molecule has 5 nitrogen and oxygen atoms in total. The van der Waals surface area contributed by atoms with Gasteiger partial charge in [-0.2, -0.15) is 10.1 Å². The molecule has 0 saturated heterocycles. The molecule has 0 bridgehead atoms. The van der Waals surface area contributed by atoms with Crippen LogP contribution in [0.3, 0.4) is 0 Å². The second kappa shape index (κ2) is 6.07. The van der Waals surface area contributed by atoms with Gasteiger partial charge in [-0.1, -0.05) is 11.6 Å². The van der Waals surface area contributed by atoms with Gasteiger partial charge in [0.05, 0.1) is 5.69 Å². The van der Waals surface area contributed by atoms with Gasteiger partial charge in [-0.25, -0.2) is 0 Å². The van der Waals surface area contributed by atoms with Crippen LogP contribution in [0.15, 0.2) is 47.6 Å². The van der Waals surface area contributed by atoms with Crippen LogP contribution in [0.2, 0.25) is 5.02 Å². The van der Waals surface area contributed by atoms with E-state index < -0.39 is 0 Å². The molecule has 0 N–H and O–H groups in total. The van der Waals surface area contributed by atoms with E-state index in [1.165, 1.54) is 5.01 Å². The summed E-state index contributed by atoms with van der Waals surface area (Å²) in [6.07, 6.45) is 1.56. The van der Waals surface area contributed by atoms with Crippen molar-refractivity contribution in [3.8, 4) is 11.5 Å². The smallest absolute Gasteiger partial charge is 0.278 e. The van der Waals surface area contributed by atoms with Gasteiger partial charge < -0.3 is 9.47 Å². The fourth-order valence-electron chi connectivity index (χ4n) is 2.09. The lowest BCUT2D eigenvalue weighted by molar-refractivity contribution is 0.0987. The Morgan fingerprint density at radius 2 is 1.91 bits per heavy atom. The summed E-state index contributed by atoms with van der Waals surface area (Å²) in [5, 5.41) is 6.05. The van der Waals surface area contributed by atoms with Crippen LogP contribution < -0.4 is 14.5 Å². The normalized spacial score (nSPS) is 12.6. The Kier molecular flexibility index (Phi) is 3.98. The average molecular weight is 317 g/mol. The number of anilines is 1. The molecule has 0 atom stereocenters. The third-order valence-corrected chi connectivity index (χ3v) is 3.37. The molecule has 3 rings (SSSR count). The number of amides is 1. The molecular formula is C16H13ClN2O3. The van der Waals surface area contributed by atoms with Crippen molar-refractivity contribution in [1.82, 2.24) is 0 Å². The highest BCUT2D eigenvalue weighted by Crippen LogP contribution is 2.33. The lowest BCUT2D eigenvalue weighted by Crippen LogP contribution is -2.25. The molecule has 0 aromatic heterocycles. The maximum Gasteiger partial charge on any atom is 0.278 e. The number of fused-ring (bicyclic) bond motifs is 1. The van der Waals surface area contributed by atoms with Crippen LogP contribution in [-0.4, -0.2) is 18.9 Å². The summed E-state index contributed by atoms with van der Waals surface area (Å²) in [7, 11) is 0. The largest absolute Gasteiger partial charge is 0.454 e. The van der Waals surface area contributed by atoms with E-state index in [9.17, 15) is 4.79 Å². The van der Waals surface area contributed by atoms with Crippen molar-refractivity contribution in [3.63, 3.8) is 0 Å². The molecule has 0 aliphatic carbocycles. The fraction of sp³-hybridized carbons (Fsp3) is 0.125. The van der Waals surface area contributed by atoms with Crippen molar-refractivity contribution in [1.29, 1.82) is 0 Å². The van der Waals surface area contributed by atoms with E-state index in [1.54, 1.807) is 55.6 Å². The number of benzene rings is 2. The molecule has 0 radical (unpaired) electrons. The van der Waals surface area contributed by atoms with Gasteiger partial charge in [0.1, 0.15) is 0 Å². The number of ether oxygens (including phenoxy) is 2. The number of halogens is 1. The van der Waals surface area contributed by atoms with Crippen molar-refractivity contribution < 1.29 is 14.3 Å². The lowest BCUT2D eigenvalue weighted by Gasteiger charge is -2.17. The Morgan fingerprint density at radius 1 is 1.18 bits per heavy atom. The van der Waals surface area contributed by atoms with E-state index in [0.717, 1.165) is 0 Å². The van der Waals surface area contributed by atoms with Crippen LogP contribution >= 0.6 is 11.6 Å². The lowest BCUT2D eigenvalue weighted by atomic mass is 10.1. The van der Waals surface area contributed by atoms with E-state index in [1.807, 2.05) is 0 Å². The highest BCUT2D eigenvalue weighted by Gasteiger charge is 2.21. The first-order valence-electron chi connectivity index (χ1n) is 6.67. The fourth-order valence-corrected chi connectivity index (χ4v) is 2.21. The molecule has 0 fully saturated rings. The van der Waals surface area contributed by atoms with E-state index in [2.05, 4.69) is 5.10 Å². The quantitative estimate of drug-likeness (QED) is 0.640. The molecule has 0 saturated carbocycles. The predicted molar refractivity (Wildman–Crippen MR) is 85.0 cm³/mol. The SMILES string of the molecule is CC=NN(C(=O)c1ccc2c(c1)OCO2)c1ccc(Cl)cc1. The van der Waals surface area contributed by atoms with Gasteiger partial charge in [-0.15, -0.1) is 0 Å². The monoisotopic (exact) mass is 316 g/mol. The standard InChI is InChI=1S/C16H13ClN2O3/c1-2-18-19(13-6-4-12(17)5-7-13)16(20)11-3-8-14-15(9-11)22-10-21-14/h2-9H,10H2,1H3. The molecule has 6 heteroatoms. The van der Waals surface area contributed by atoms with Crippen molar-refractivity contribution in [2.45, 2.75) is 6.92 Å². The number of rotatable bonds is 3. The van der Waals surface area contributed by atoms with Crippen LogP contribution in [0.5, 0.6) is 11.5 Å². The summed E-state index contributed by atoms with van der Waals surface area (Å²) in [5.74, 6) is 0.926. The second-order valence-electron chi connectivity index (χ2n) is 4.54. The van der Waals surface area contributed by atoms with E-state index in [-0.39, 0.29) is 12.7 Å². The summed E-state index contributed by atoms with van der Waals surface area (Å²) in [6, 6.07) is 11.9. The van der Waals surface area contributed by atoms with Crippen LogP contribution in [0, 0.1) is 0 Å². The summed E-state index contributed by atoms with van der Waals surface area (Å²) in [5.41, 5.74) is 1.09. The molecule has 1 aliphatic rings. The van der Waals surface area contributed by atoms with Crippen LogP contribution in [0.4, 0.5) is 5.69 Å². The maximum atomic E-state index is 12.7.